The van der Waals surface area contributed by atoms with E-state index in [-0.39, 0.29) is 13.2 Å². The maximum absolute atomic E-state index is 9.28. The Morgan fingerprint density at radius 2 is 2.00 bits per heavy atom. The molecule has 0 bridgehead atoms. The quantitative estimate of drug-likeness (QED) is 0.840. The molecule has 18 heavy (non-hydrogen) atoms. The highest BCUT2D eigenvalue weighted by atomic mass is 16.3. The summed E-state index contributed by atoms with van der Waals surface area (Å²) in [6.45, 7) is 3.36. The number of fused-ring (bicyclic) bond motifs is 1. The number of aliphatic hydroxyl groups is 2. The van der Waals surface area contributed by atoms with Gasteiger partial charge in [-0.25, -0.2) is 4.98 Å². The van der Waals surface area contributed by atoms with Crippen molar-refractivity contribution in [1.29, 1.82) is 0 Å². The van der Waals surface area contributed by atoms with Gasteiger partial charge < -0.3 is 15.1 Å². The molecule has 96 valence electrons. The van der Waals surface area contributed by atoms with Crippen LogP contribution in [0.5, 0.6) is 0 Å². The van der Waals surface area contributed by atoms with E-state index >= 15 is 0 Å². The molecule has 0 fully saturated rings. The van der Waals surface area contributed by atoms with Crippen molar-refractivity contribution in [1.82, 2.24) is 4.98 Å². The lowest BCUT2D eigenvalue weighted by Gasteiger charge is -2.23. The van der Waals surface area contributed by atoms with E-state index in [9.17, 15) is 5.11 Å². The van der Waals surface area contributed by atoms with Crippen molar-refractivity contribution in [3.8, 4) is 0 Å². The van der Waals surface area contributed by atoms with Crippen LogP contribution in [0.4, 0.5) is 5.82 Å². The van der Waals surface area contributed by atoms with Gasteiger partial charge in [0.25, 0.3) is 0 Å². The second-order valence-electron chi connectivity index (χ2n) is 4.12. The van der Waals surface area contributed by atoms with Gasteiger partial charge in [-0.05, 0) is 18.4 Å². The summed E-state index contributed by atoms with van der Waals surface area (Å²) in [7, 11) is 0. The molecule has 0 amide bonds. The fraction of sp³-hybridized carbons (Fsp3) is 0.357. The molecule has 4 heteroatoms. The first-order valence-electron chi connectivity index (χ1n) is 6.15. The normalized spacial score (nSPS) is 10.8. The van der Waals surface area contributed by atoms with Crippen molar-refractivity contribution >= 4 is 16.6 Å². The molecule has 1 aromatic carbocycles. The Labute approximate surface area is 107 Å². The zero-order valence-corrected chi connectivity index (χ0v) is 10.5. The predicted octanol–water partition coefficient (Wildman–Crippen LogP) is 1.55. The van der Waals surface area contributed by atoms with Crippen molar-refractivity contribution in [3.63, 3.8) is 0 Å². The highest BCUT2D eigenvalue weighted by molar-refractivity contribution is 5.92. The van der Waals surface area contributed by atoms with Crippen molar-refractivity contribution in [3.05, 3.63) is 36.0 Å². The van der Waals surface area contributed by atoms with Gasteiger partial charge in [0.05, 0.1) is 18.9 Å². The maximum atomic E-state index is 9.28. The largest absolute Gasteiger partial charge is 0.395 e. The number of nitrogens with zero attached hydrogens (tertiary/aromatic N) is 2. The van der Waals surface area contributed by atoms with Crippen molar-refractivity contribution < 1.29 is 10.2 Å². The zero-order valence-electron chi connectivity index (χ0n) is 10.5. The van der Waals surface area contributed by atoms with E-state index < -0.39 is 0 Å². The van der Waals surface area contributed by atoms with Crippen LogP contribution in [0.3, 0.4) is 0 Å². The summed E-state index contributed by atoms with van der Waals surface area (Å²) in [5, 5.41) is 20.5. The zero-order chi connectivity index (χ0) is 13.0. The number of anilines is 1. The summed E-state index contributed by atoms with van der Waals surface area (Å²) in [6.07, 6.45) is 0. The van der Waals surface area contributed by atoms with Gasteiger partial charge in [-0.3, -0.25) is 0 Å². The Morgan fingerprint density at radius 1 is 1.22 bits per heavy atom. The first kappa shape index (κ1) is 12.8. The number of rotatable bonds is 5. The monoisotopic (exact) mass is 246 g/mol. The second kappa shape index (κ2) is 5.80. The van der Waals surface area contributed by atoms with E-state index in [2.05, 4.69) is 4.98 Å². The minimum atomic E-state index is -0.0749. The van der Waals surface area contributed by atoms with Crippen LogP contribution in [0, 0.1) is 0 Å². The average Bonchev–Trinajstić information content (AvgIpc) is 2.43. The van der Waals surface area contributed by atoms with E-state index in [0.29, 0.717) is 12.2 Å². The molecule has 0 atom stereocenters. The van der Waals surface area contributed by atoms with E-state index in [1.54, 1.807) is 0 Å². The fourth-order valence-corrected chi connectivity index (χ4v) is 2.09. The summed E-state index contributed by atoms with van der Waals surface area (Å²) in [6, 6.07) is 9.85. The standard InChI is InChI=1S/C14H18N2O2/c1-2-16(7-8-17)14-13-6-4-3-5-11(13)9-12(10-18)15-14/h3-6,9,17-18H,2,7-8,10H2,1H3. The Morgan fingerprint density at radius 3 is 2.67 bits per heavy atom. The summed E-state index contributed by atoms with van der Waals surface area (Å²) < 4.78 is 0. The van der Waals surface area contributed by atoms with Crippen LogP contribution in [-0.4, -0.2) is 34.9 Å². The van der Waals surface area contributed by atoms with E-state index in [1.807, 2.05) is 42.2 Å². The molecule has 0 saturated heterocycles. The average molecular weight is 246 g/mol. The van der Waals surface area contributed by atoms with Gasteiger partial charge in [0, 0.05) is 18.5 Å². The maximum Gasteiger partial charge on any atom is 0.136 e. The Bertz CT molecular complexity index is 528. The van der Waals surface area contributed by atoms with Gasteiger partial charge in [0.15, 0.2) is 0 Å². The number of aromatic nitrogens is 1. The third kappa shape index (κ3) is 2.44. The van der Waals surface area contributed by atoms with Crippen LogP contribution in [0.2, 0.25) is 0 Å². The number of pyridine rings is 1. The molecule has 0 aliphatic carbocycles. The number of hydrogen-bond donors (Lipinski definition) is 2. The van der Waals surface area contributed by atoms with Gasteiger partial charge in [0.1, 0.15) is 5.82 Å². The summed E-state index contributed by atoms with van der Waals surface area (Å²) in [5.74, 6) is 0.828. The molecule has 0 aliphatic rings. The lowest BCUT2D eigenvalue weighted by Crippen LogP contribution is -2.27. The third-order valence-electron chi connectivity index (χ3n) is 2.99. The SMILES string of the molecule is CCN(CCO)c1nc(CO)cc2ccccc12. The summed E-state index contributed by atoms with van der Waals surface area (Å²) in [4.78, 5) is 6.49. The van der Waals surface area contributed by atoms with Gasteiger partial charge in [-0.15, -0.1) is 0 Å². The number of likely N-dealkylation sites (N-methyl/N-ethyl adjacent to an activating group) is 1. The molecule has 1 aromatic heterocycles. The smallest absolute Gasteiger partial charge is 0.136 e. The predicted molar refractivity (Wildman–Crippen MR) is 72.6 cm³/mol. The molecule has 2 rings (SSSR count). The molecule has 0 aliphatic heterocycles. The lowest BCUT2D eigenvalue weighted by atomic mass is 10.1. The van der Waals surface area contributed by atoms with Crippen molar-refractivity contribution in [2.24, 2.45) is 0 Å². The first-order chi connectivity index (χ1) is 8.80. The Balaban J connectivity index is 2.58. The molecule has 1 heterocycles. The minimum absolute atomic E-state index is 0.0749. The molecule has 2 aromatic rings. The summed E-state index contributed by atoms with van der Waals surface area (Å²) in [5.41, 5.74) is 0.653. The molecular weight excluding hydrogens is 228 g/mol. The highest BCUT2D eigenvalue weighted by Crippen LogP contribution is 2.25. The van der Waals surface area contributed by atoms with Crippen molar-refractivity contribution in [2.75, 3.05) is 24.6 Å². The topological polar surface area (TPSA) is 56.6 Å². The second-order valence-corrected chi connectivity index (χ2v) is 4.12. The number of aliphatic hydroxyl groups excluding tert-OH is 2. The van der Waals surface area contributed by atoms with Gasteiger partial charge in [0.2, 0.25) is 0 Å². The lowest BCUT2D eigenvalue weighted by molar-refractivity contribution is 0.277. The highest BCUT2D eigenvalue weighted by Gasteiger charge is 2.11. The van der Waals surface area contributed by atoms with E-state index in [0.717, 1.165) is 23.1 Å². The number of benzene rings is 1. The number of hydrogen-bond acceptors (Lipinski definition) is 4. The minimum Gasteiger partial charge on any atom is -0.395 e. The van der Waals surface area contributed by atoms with Crippen LogP contribution < -0.4 is 4.90 Å². The molecule has 0 saturated carbocycles. The Kier molecular flexibility index (Phi) is 4.12. The van der Waals surface area contributed by atoms with Gasteiger partial charge in [-0.2, -0.15) is 0 Å². The van der Waals surface area contributed by atoms with E-state index in [1.165, 1.54) is 0 Å². The van der Waals surface area contributed by atoms with Crippen molar-refractivity contribution in [2.45, 2.75) is 13.5 Å². The van der Waals surface area contributed by atoms with Crippen LogP contribution in [0.1, 0.15) is 12.6 Å². The summed E-state index contributed by atoms with van der Waals surface area (Å²) >= 11 is 0. The van der Waals surface area contributed by atoms with E-state index in [4.69, 9.17) is 5.11 Å². The van der Waals surface area contributed by atoms with Crippen LogP contribution in [-0.2, 0) is 6.61 Å². The third-order valence-corrected chi connectivity index (χ3v) is 2.99. The van der Waals surface area contributed by atoms with Crippen LogP contribution in [0.25, 0.3) is 10.8 Å². The van der Waals surface area contributed by atoms with Crippen LogP contribution >= 0.6 is 0 Å². The molecule has 2 N–H and O–H groups in total. The van der Waals surface area contributed by atoms with Gasteiger partial charge >= 0.3 is 0 Å². The molecule has 0 radical (unpaired) electrons. The van der Waals surface area contributed by atoms with Gasteiger partial charge in [-0.1, -0.05) is 24.3 Å². The molecular formula is C14H18N2O2. The molecule has 4 nitrogen and oxygen atoms in total. The van der Waals surface area contributed by atoms with Crippen LogP contribution in [0.15, 0.2) is 30.3 Å². The molecule has 0 unspecified atom stereocenters. The fourth-order valence-electron chi connectivity index (χ4n) is 2.09. The molecule has 0 spiro atoms. The first-order valence-corrected chi connectivity index (χ1v) is 6.15. The Hall–Kier alpha value is -1.65.